The Morgan fingerprint density at radius 1 is 0.338 bits per heavy atom. The normalized spacial score (nSPS) is 12.0. The quantitative estimate of drug-likeness (QED) is 0.173. The van der Waals surface area contributed by atoms with Gasteiger partial charge in [-0.25, -0.2) is 9.97 Å². The van der Waals surface area contributed by atoms with E-state index < -0.39 is 0 Å². The SMILES string of the molecule is c1ccc(-c2cc3ccc4nc(-n5c6ccc(-c7ccc8c(c7)c7c9ccccc9ccc7n8-c7ccccc7)cc6c6c7ccccc7ccc65)nc(-c5ccccc5)c4c3s2)cc1. The molecule has 14 rings (SSSR count). The lowest BCUT2D eigenvalue weighted by molar-refractivity contribution is 1.01. The van der Waals surface area contributed by atoms with E-state index in [-0.39, 0.29) is 0 Å². The number of hydrogen-bond acceptors (Lipinski definition) is 3. The Morgan fingerprint density at radius 3 is 1.51 bits per heavy atom. The van der Waals surface area contributed by atoms with Gasteiger partial charge < -0.3 is 4.57 Å². The van der Waals surface area contributed by atoms with Crippen LogP contribution < -0.4 is 0 Å². The molecule has 14 aromatic rings. The van der Waals surface area contributed by atoms with E-state index in [2.05, 4.69) is 228 Å². The molecule has 302 valence electrons. The van der Waals surface area contributed by atoms with E-state index in [1.807, 2.05) is 11.3 Å². The first-order chi connectivity index (χ1) is 32.2. The van der Waals surface area contributed by atoms with Crippen molar-refractivity contribution >= 4 is 97.5 Å². The Bertz CT molecular complexity index is 4220. The summed E-state index contributed by atoms with van der Waals surface area (Å²) in [6, 6.07) is 79.0. The molecule has 10 aromatic carbocycles. The van der Waals surface area contributed by atoms with Crippen molar-refractivity contribution < 1.29 is 0 Å². The molecule has 0 saturated heterocycles. The molecule has 0 amide bonds. The lowest BCUT2D eigenvalue weighted by Crippen LogP contribution is -2.03. The second kappa shape index (κ2) is 14.1. The van der Waals surface area contributed by atoms with Gasteiger partial charge in [0, 0.05) is 47.8 Å². The fraction of sp³-hybridized carbons (Fsp3) is 0. The molecule has 0 aliphatic rings. The summed E-state index contributed by atoms with van der Waals surface area (Å²) in [5.74, 6) is 0.653. The highest BCUT2D eigenvalue weighted by molar-refractivity contribution is 7.23. The van der Waals surface area contributed by atoms with Crippen molar-refractivity contribution in [3.8, 4) is 44.5 Å². The van der Waals surface area contributed by atoms with Crippen molar-refractivity contribution in [3.63, 3.8) is 0 Å². The van der Waals surface area contributed by atoms with Crippen LogP contribution in [0.25, 0.3) is 131 Å². The number of hydrogen-bond donors (Lipinski definition) is 0. The average Bonchev–Trinajstić information content (AvgIpc) is 4.07. The summed E-state index contributed by atoms with van der Waals surface area (Å²) in [5, 5.41) is 12.0. The molecule has 0 bridgehead atoms. The van der Waals surface area contributed by atoms with Crippen LogP contribution in [0.2, 0.25) is 0 Å². The highest BCUT2D eigenvalue weighted by Gasteiger charge is 2.22. The van der Waals surface area contributed by atoms with Gasteiger partial charge in [0.1, 0.15) is 0 Å². The van der Waals surface area contributed by atoms with Crippen LogP contribution in [0.3, 0.4) is 0 Å². The van der Waals surface area contributed by atoms with Gasteiger partial charge in [-0.15, -0.1) is 11.3 Å². The van der Waals surface area contributed by atoms with Crippen LogP contribution in [0, 0.1) is 0 Å². The lowest BCUT2D eigenvalue weighted by Gasteiger charge is -2.13. The third-order valence-corrected chi connectivity index (χ3v) is 14.5. The van der Waals surface area contributed by atoms with Crippen LogP contribution in [0.15, 0.2) is 218 Å². The maximum atomic E-state index is 5.58. The van der Waals surface area contributed by atoms with Gasteiger partial charge in [-0.1, -0.05) is 158 Å². The number of fused-ring (bicyclic) bond motifs is 13. The smallest absolute Gasteiger partial charge is 0.235 e. The van der Waals surface area contributed by atoms with E-state index in [0.717, 1.165) is 49.8 Å². The molecule has 0 aliphatic carbocycles. The minimum absolute atomic E-state index is 0.653. The molecular formula is C60H36N4S. The van der Waals surface area contributed by atoms with Gasteiger partial charge in [0.05, 0.1) is 33.3 Å². The Balaban J connectivity index is 1.02. The van der Waals surface area contributed by atoms with Crippen molar-refractivity contribution in [2.75, 3.05) is 0 Å². The number of benzene rings is 10. The second-order valence-electron chi connectivity index (χ2n) is 16.9. The van der Waals surface area contributed by atoms with Gasteiger partial charge >= 0.3 is 0 Å². The summed E-state index contributed by atoms with van der Waals surface area (Å²) in [4.78, 5) is 12.3. The number of thiophene rings is 1. The molecular weight excluding hydrogens is 809 g/mol. The van der Waals surface area contributed by atoms with E-state index in [1.54, 1.807) is 0 Å². The summed E-state index contributed by atoms with van der Waals surface area (Å²) in [6.07, 6.45) is 0. The molecule has 0 N–H and O–H groups in total. The standard InChI is InChI=1S/C60H36N4S/c1-4-16-39(17-5-1)54-36-43-24-29-49-57(59(43)65-54)58(40-18-6-2-7-19-40)62-60(61-49)64-51-31-28-42(35-48(51)56-46-23-13-11-15-38(46)26-33-53(56)64)41-27-30-50-47(34-41)55-45-22-12-10-14-37(45)25-32-52(55)63(50)44-20-8-3-9-21-44/h1-36H. The maximum absolute atomic E-state index is 5.58. The summed E-state index contributed by atoms with van der Waals surface area (Å²) >= 11 is 1.81. The lowest BCUT2D eigenvalue weighted by atomic mass is 9.98. The predicted molar refractivity (Wildman–Crippen MR) is 275 cm³/mol. The Hall–Kier alpha value is -8.38. The van der Waals surface area contributed by atoms with Crippen LogP contribution in [-0.4, -0.2) is 19.1 Å². The van der Waals surface area contributed by atoms with E-state index >= 15 is 0 Å². The zero-order valence-electron chi connectivity index (χ0n) is 35.0. The minimum atomic E-state index is 0.653. The second-order valence-corrected chi connectivity index (χ2v) is 18.0. The van der Waals surface area contributed by atoms with Crippen molar-refractivity contribution in [2.45, 2.75) is 0 Å². The van der Waals surface area contributed by atoms with E-state index in [4.69, 9.17) is 9.97 Å². The van der Waals surface area contributed by atoms with Crippen molar-refractivity contribution in [1.82, 2.24) is 19.1 Å². The zero-order valence-corrected chi connectivity index (χ0v) is 35.8. The van der Waals surface area contributed by atoms with Crippen molar-refractivity contribution in [3.05, 3.63) is 218 Å². The summed E-state index contributed by atoms with van der Waals surface area (Å²) in [5.41, 5.74) is 12.1. The first-order valence-corrected chi connectivity index (χ1v) is 22.9. The first-order valence-electron chi connectivity index (χ1n) is 22.1. The molecule has 0 fully saturated rings. The first kappa shape index (κ1) is 36.1. The van der Waals surface area contributed by atoms with Crippen LogP contribution in [0.4, 0.5) is 0 Å². The number of rotatable bonds is 5. The molecule has 0 spiro atoms. The van der Waals surface area contributed by atoms with Crippen molar-refractivity contribution in [1.29, 1.82) is 0 Å². The van der Waals surface area contributed by atoms with Crippen LogP contribution in [0.5, 0.6) is 0 Å². The van der Waals surface area contributed by atoms with Gasteiger partial charge in [-0.2, -0.15) is 0 Å². The third kappa shape index (κ3) is 5.49. The Morgan fingerprint density at radius 2 is 0.862 bits per heavy atom. The molecule has 4 heterocycles. The molecule has 0 atom stereocenters. The molecule has 0 radical (unpaired) electrons. The van der Waals surface area contributed by atoms with Crippen LogP contribution in [-0.2, 0) is 0 Å². The third-order valence-electron chi connectivity index (χ3n) is 13.3. The van der Waals surface area contributed by atoms with Gasteiger partial charge in [-0.3, -0.25) is 4.57 Å². The van der Waals surface area contributed by atoms with Crippen LogP contribution in [0.1, 0.15) is 0 Å². The van der Waals surface area contributed by atoms with E-state index in [0.29, 0.717) is 5.95 Å². The van der Waals surface area contributed by atoms with E-state index in [9.17, 15) is 0 Å². The topological polar surface area (TPSA) is 35.6 Å². The van der Waals surface area contributed by atoms with Gasteiger partial charge in [-0.05, 0) is 104 Å². The molecule has 65 heavy (non-hydrogen) atoms. The average molecular weight is 845 g/mol. The van der Waals surface area contributed by atoms with Gasteiger partial charge in [0.2, 0.25) is 5.95 Å². The molecule has 4 aromatic heterocycles. The van der Waals surface area contributed by atoms with Gasteiger partial charge in [0.15, 0.2) is 0 Å². The summed E-state index contributed by atoms with van der Waals surface area (Å²) < 4.78 is 5.88. The van der Waals surface area contributed by atoms with Gasteiger partial charge in [0.25, 0.3) is 0 Å². The molecule has 0 saturated carbocycles. The summed E-state index contributed by atoms with van der Waals surface area (Å²) in [7, 11) is 0. The molecule has 0 unspecified atom stereocenters. The molecule has 4 nitrogen and oxygen atoms in total. The largest absolute Gasteiger partial charge is 0.309 e. The van der Waals surface area contributed by atoms with Crippen molar-refractivity contribution in [2.24, 2.45) is 0 Å². The number of nitrogens with zero attached hydrogens (tertiary/aromatic N) is 4. The molecule has 0 aliphatic heterocycles. The maximum Gasteiger partial charge on any atom is 0.235 e. The Labute approximate surface area is 377 Å². The summed E-state index contributed by atoms with van der Waals surface area (Å²) in [6.45, 7) is 0. The zero-order chi connectivity index (χ0) is 42.6. The fourth-order valence-electron chi connectivity index (χ4n) is 10.4. The number of aromatic nitrogens is 4. The van der Waals surface area contributed by atoms with Crippen LogP contribution >= 0.6 is 11.3 Å². The predicted octanol–water partition coefficient (Wildman–Crippen LogP) is 16.3. The fourth-order valence-corrected chi connectivity index (χ4v) is 11.6. The molecule has 5 heteroatoms. The number of para-hydroxylation sites is 1. The Kier molecular flexibility index (Phi) is 7.82. The highest BCUT2D eigenvalue weighted by Crippen LogP contribution is 2.44. The van der Waals surface area contributed by atoms with E-state index in [1.165, 1.54) is 74.8 Å². The monoisotopic (exact) mass is 844 g/mol. The highest BCUT2D eigenvalue weighted by atomic mass is 32.1. The minimum Gasteiger partial charge on any atom is -0.309 e.